The SMILES string of the molecule is CCCCCCc1ccc(CP(=O)(O)O)s1. The van der Waals surface area contributed by atoms with Crippen LogP contribution < -0.4 is 0 Å². The Labute approximate surface area is 101 Å². The maximum absolute atomic E-state index is 10.8. The zero-order valence-corrected chi connectivity index (χ0v) is 11.3. The van der Waals surface area contributed by atoms with Gasteiger partial charge in [-0.15, -0.1) is 11.3 Å². The molecular formula is C11H19O3PS. The molecule has 92 valence electrons. The molecule has 0 aliphatic heterocycles. The van der Waals surface area contributed by atoms with Gasteiger partial charge < -0.3 is 9.79 Å². The molecule has 1 rings (SSSR count). The van der Waals surface area contributed by atoms with Crippen molar-refractivity contribution in [1.82, 2.24) is 0 Å². The highest BCUT2D eigenvalue weighted by atomic mass is 32.1. The summed E-state index contributed by atoms with van der Waals surface area (Å²) in [6, 6.07) is 3.82. The number of hydrogen-bond acceptors (Lipinski definition) is 2. The molecule has 0 fully saturated rings. The van der Waals surface area contributed by atoms with E-state index in [0.29, 0.717) is 0 Å². The van der Waals surface area contributed by atoms with Gasteiger partial charge in [0, 0.05) is 9.75 Å². The van der Waals surface area contributed by atoms with E-state index in [0.717, 1.165) is 11.3 Å². The van der Waals surface area contributed by atoms with Gasteiger partial charge in [0.05, 0.1) is 6.16 Å². The predicted octanol–water partition coefficient (Wildman–Crippen LogP) is 3.55. The highest BCUT2D eigenvalue weighted by molar-refractivity contribution is 7.51. The first-order chi connectivity index (χ1) is 7.51. The molecule has 0 unspecified atom stereocenters. The first kappa shape index (κ1) is 13.9. The molecule has 0 aromatic carbocycles. The molecule has 0 amide bonds. The maximum atomic E-state index is 10.8. The van der Waals surface area contributed by atoms with Crippen LogP contribution in [0.1, 0.15) is 42.4 Å². The highest BCUT2D eigenvalue weighted by Gasteiger charge is 2.15. The van der Waals surface area contributed by atoms with Crippen molar-refractivity contribution in [2.24, 2.45) is 0 Å². The summed E-state index contributed by atoms with van der Waals surface area (Å²) in [6.45, 7) is 2.18. The topological polar surface area (TPSA) is 57.5 Å². The first-order valence-electron chi connectivity index (χ1n) is 5.63. The monoisotopic (exact) mass is 262 g/mol. The quantitative estimate of drug-likeness (QED) is 0.583. The molecule has 1 heterocycles. The molecule has 0 aliphatic carbocycles. The van der Waals surface area contributed by atoms with E-state index in [1.165, 1.54) is 41.9 Å². The summed E-state index contributed by atoms with van der Waals surface area (Å²) in [5.74, 6) is 0. The van der Waals surface area contributed by atoms with Crippen LogP contribution in [0.15, 0.2) is 12.1 Å². The summed E-state index contributed by atoms with van der Waals surface area (Å²) < 4.78 is 10.8. The molecule has 0 spiro atoms. The van der Waals surface area contributed by atoms with Gasteiger partial charge in [0.1, 0.15) is 0 Å². The van der Waals surface area contributed by atoms with Gasteiger partial charge in [-0.25, -0.2) is 0 Å². The zero-order chi connectivity index (χ0) is 12.0. The predicted molar refractivity (Wildman–Crippen MR) is 67.9 cm³/mol. The van der Waals surface area contributed by atoms with Crippen LogP contribution in [-0.2, 0) is 17.1 Å². The van der Waals surface area contributed by atoms with Crippen LogP contribution in [-0.4, -0.2) is 9.79 Å². The van der Waals surface area contributed by atoms with E-state index in [9.17, 15) is 4.57 Å². The lowest BCUT2D eigenvalue weighted by Crippen LogP contribution is -1.82. The Bertz CT molecular complexity index is 356. The minimum Gasteiger partial charge on any atom is -0.324 e. The van der Waals surface area contributed by atoms with Gasteiger partial charge in [0.15, 0.2) is 0 Å². The molecule has 0 radical (unpaired) electrons. The average molecular weight is 262 g/mol. The molecule has 16 heavy (non-hydrogen) atoms. The second-order valence-electron chi connectivity index (χ2n) is 4.00. The molecule has 0 saturated carbocycles. The van der Waals surface area contributed by atoms with Gasteiger partial charge in [0.25, 0.3) is 0 Å². The summed E-state index contributed by atoms with van der Waals surface area (Å²) in [6.07, 6.45) is 5.82. The van der Waals surface area contributed by atoms with Crippen molar-refractivity contribution >= 4 is 18.9 Å². The lowest BCUT2D eigenvalue weighted by Gasteiger charge is -2.00. The van der Waals surface area contributed by atoms with E-state index in [-0.39, 0.29) is 6.16 Å². The van der Waals surface area contributed by atoms with Crippen LogP contribution in [0.4, 0.5) is 0 Å². The van der Waals surface area contributed by atoms with E-state index in [1.54, 1.807) is 0 Å². The Morgan fingerprint density at radius 1 is 1.19 bits per heavy atom. The fourth-order valence-corrected chi connectivity index (χ4v) is 3.70. The largest absolute Gasteiger partial charge is 0.330 e. The first-order valence-corrected chi connectivity index (χ1v) is 8.25. The third-order valence-electron chi connectivity index (χ3n) is 2.36. The molecule has 0 aliphatic rings. The number of hydrogen-bond donors (Lipinski definition) is 2. The van der Waals surface area contributed by atoms with Crippen LogP contribution in [0.2, 0.25) is 0 Å². The van der Waals surface area contributed by atoms with E-state index in [2.05, 4.69) is 6.92 Å². The zero-order valence-electron chi connectivity index (χ0n) is 9.56. The molecule has 1 aromatic rings. The summed E-state index contributed by atoms with van der Waals surface area (Å²) in [5, 5.41) is 0. The normalized spacial score (nSPS) is 11.9. The number of unbranched alkanes of at least 4 members (excludes halogenated alkanes) is 3. The summed E-state index contributed by atoms with van der Waals surface area (Å²) in [4.78, 5) is 19.7. The van der Waals surface area contributed by atoms with Crippen molar-refractivity contribution in [3.63, 3.8) is 0 Å². The van der Waals surface area contributed by atoms with E-state index < -0.39 is 7.60 Å². The number of thiophene rings is 1. The minimum atomic E-state index is -3.90. The van der Waals surface area contributed by atoms with Crippen molar-refractivity contribution in [2.75, 3.05) is 0 Å². The molecule has 5 heteroatoms. The van der Waals surface area contributed by atoms with Crippen LogP contribution in [0.3, 0.4) is 0 Å². The average Bonchev–Trinajstić information content (AvgIpc) is 2.58. The van der Waals surface area contributed by atoms with Crippen LogP contribution in [0, 0.1) is 0 Å². The molecule has 0 bridgehead atoms. The van der Waals surface area contributed by atoms with Crippen LogP contribution in [0.25, 0.3) is 0 Å². The molecule has 2 N–H and O–H groups in total. The lowest BCUT2D eigenvalue weighted by molar-refractivity contribution is 0.372. The van der Waals surface area contributed by atoms with Crippen LogP contribution in [0.5, 0.6) is 0 Å². The van der Waals surface area contributed by atoms with Gasteiger partial charge in [0.2, 0.25) is 0 Å². The van der Waals surface area contributed by atoms with Gasteiger partial charge in [-0.1, -0.05) is 26.2 Å². The molecule has 3 nitrogen and oxygen atoms in total. The van der Waals surface area contributed by atoms with Gasteiger partial charge in [-0.3, -0.25) is 4.57 Å². The third-order valence-corrected chi connectivity index (χ3v) is 4.47. The number of aryl methyl sites for hydroxylation is 1. The van der Waals surface area contributed by atoms with Gasteiger partial charge in [-0.2, -0.15) is 0 Å². The van der Waals surface area contributed by atoms with Crippen LogP contribution >= 0.6 is 18.9 Å². The Kier molecular flexibility index (Phi) is 5.70. The third kappa shape index (κ3) is 5.80. The van der Waals surface area contributed by atoms with Crippen molar-refractivity contribution in [2.45, 2.75) is 45.2 Å². The van der Waals surface area contributed by atoms with Gasteiger partial charge >= 0.3 is 7.60 Å². The fraction of sp³-hybridized carbons (Fsp3) is 0.636. The highest BCUT2D eigenvalue weighted by Crippen LogP contribution is 2.40. The summed E-state index contributed by atoms with van der Waals surface area (Å²) in [5.41, 5.74) is 0. The Hall–Kier alpha value is -0.150. The smallest absolute Gasteiger partial charge is 0.324 e. The second-order valence-corrected chi connectivity index (χ2v) is 6.90. The van der Waals surface area contributed by atoms with E-state index in [4.69, 9.17) is 9.79 Å². The summed E-state index contributed by atoms with van der Waals surface area (Å²) in [7, 11) is -3.90. The standard InChI is InChI=1S/C11H19O3PS/c1-2-3-4-5-6-10-7-8-11(16-10)9-15(12,13)14/h7-8H,2-6,9H2,1H3,(H2,12,13,14). The second kappa shape index (κ2) is 6.55. The van der Waals surface area contributed by atoms with Crippen molar-refractivity contribution < 1.29 is 14.4 Å². The Morgan fingerprint density at radius 2 is 1.88 bits per heavy atom. The maximum Gasteiger partial charge on any atom is 0.330 e. The Morgan fingerprint density at radius 3 is 2.50 bits per heavy atom. The molecule has 1 aromatic heterocycles. The molecule has 0 saturated heterocycles. The van der Waals surface area contributed by atoms with E-state index in [1.807, 2.05) is 12.1 Å². The lowest BCUT2D eigenvalue weighted by atomic mass is 10.1. The fourth-order valence-electron chi connectivity index (χ4n) is 1.57. The molecular weight excluding hydrogens is 243 g/mol. The van der Waals surface area contributed by atoms with Crippen molar-refractivity contribution in [1.29, 1.82) is 0 Å². The van der Waals surface area contributed by atoms with Crippen molar-refractivity contribution in [3.8, 4) is 0 Å². The van der Waals surface area contributed by atoms with Crippen molar-refractivity contribution in [3.05, 3.63) is 21.9 Å². The van der Waals surface area contributed by atoms with Gasteiger partial charge in [-0.05, 0) is 25.0 Å². The van der Waals surface area contributed by atoms with E-state index >= 15 is 0 Å². The minimum absolute atomic E-state index is 0.118. The summed E-state index contributed by atoms with van der Waals surface area (Å²) >= 11 is 1.53. The molecule has 0 atom stereocenters. The Balaban J connectivity index is 2.37. The number of rotatable bonds is 7.